The zero-order chi connectivity index (χ0) is 65.1. The zero-order valence-electron chi connectivity index (χ0n) is 53.8. The van der Waals surface area contributed by atoms with E-state index in [2.05, 4.69) is 69.8 Å². The number of hydrogen-bond donors (Lipinski definition) is 3. The largest absolute Gasteiger partial charge is 0.444 e. The first-order valence-electron chi connectivity index (χ1n) is 31.1. The van der Waals surface area contributed by atoms with Gasteiger partial charge in [-0.3, -0.25) is 38.1 Å². The second-order valence-corrected chi connectivity index (χ2v) is 26.9. The van der Waals surface area contributed by atoms with Gasteiger partial charge in [-0.2, -0.15) is 33.5 Å². The molecule has 0 spiro atoms. The lowest BCUT2D eigenvalue weighted by Gasteiger charge is -2.36. The average Bonchev–Trinajstić information content (AvgIpc) is 0.974. The van der Waals surface area contributed by atoms with Gasteiger partial charge in [0, 0.05) is 213 Å². The van der Waals surface area contributed by atoms with Crippen molar-refractivity contribution in [2.24, 2.45) is 0 Å². The minimum absolute atomic E-state index is 0.0973. The highest BCUT2D eigenvalue weighted by Gasteiger charge is 2.28. The molecule has 10 rings (SSSR count). The van der Waals surface area contributed by atoms with E-state index in [9.17, 15) is 28.8 Å². The highest BCUT2D eigenvalue weighted by Crippen LogP contribution is 2.25. The smallest absolute Gasteiger partial charge is 0.410 e. The first-order valence-corrected chi connectivity index (χ1v) is 34.3. The van der Waals surface area contributed by atoms with Crippen molar-refractivity contribution in [3.8, 4) is 0 Å². The molecule has 4 aromatic heterocycles. The van der Waals surface area contributed by atoms with Crippen molar-refractivity contribution in [2.45, 2.75) is 78.7 Å². The van der Waals surface area contributed by atoms with Crippen LogP contribution in [0.1, 0.15) is 54.4 Å². The maximum Gasteiger partial charge on any atom is 0.410 e. The third-order valence-corrected chi connectivity index (χ3v) is 16.9. The molecule has 6 aromatic rings. The number of halogens is 1. The third-order valence-electron chi connectivity index (χ3n) is 15.5. The monoisotopic (exact) mass is 1310 g/mol. The third kappa shape index (κ3) is 21.4. The summed E-state index contributed by atoms with van der Waals surface area (Å²) in [4.78, 5) is 106. The molecule has 3 amide bonds. The maximum atomic E-state index is 12.9. The van der Waals surface area contributed by atoms with Crippen LogP contribution in [-0.4, -0.2) is 230 Å². The fraction of sp³-hybridized carbons (Fsp3) is 0.531. The number of nitrogens with one attached hydrogen (secondary N) is 3. The Morgan fingerprint density at radius 3 is 1.30 bits per heavy atom. The number of anilines is 6. The van der Waals surface area contributed by atoms with E-state index in [-0.39, 0.29) is 34.5 Å². The summed E-state index contributed by atoms with van der Waals surface area (Å²) in [6.07, 6.45) is 7.97. The van der Waals surface area contributed by atoms with Crippen LogP contribution >= 0.6 is 35.1 Å². The molecule has 0 aliphatic carbocycles. The minimum Gasteiger partial charge on any atom is -0.444 e. The second kappa shape index (κ2) is 33.4. The Balaban J connectivity index is 0.000000214. The number of rotatable bonds is 18. The number of benzene rings is 2. The van der Waals surface area contributed by atoms with Crippen LogP contribution in [0.4, 0.5) is 44.2 Å². The summed E-state index contributed by atoms with van der Waals surface area (Å²) >= 11 is 8.33. The standard InChI is InChI=1S/C32H44N8O4S.C28H38N8O3.C4H7ClOS/c1-32(2,3)44-31(43)39-15-12-36(13-16-39)14-21-40-28(42)10-5-24-23-33-30(35-29(24)40)34-25-6-8-26(9-7-25)37-17-19-38(20-18-37)27(41)11-22-45-4;1-28(2,3)39-27(38)35-17-14-33(15-18-35)16-19-36-24(37)9-4-21-20-30-26(32-25(21)36)31-22-5-7-23(8-6-22)34-12-10-29-11-13-34;1-7-3-2-4(5)6/h5-10,23H,11-22H2,1-4H3,(H,33,34,35);4-9,20,29H,10-19H2,1-3H3,(H,30,31,32);2-3H2,1H3. The quantitative estimate of drug-likeness (QED) is 0.0706. The van der Waals surface area contributed by atoms with E-state index < -0.39 is 11.2 Å². The van der Waals surface area contributed by atoms with Crippen LogP contribution in [0.25, 0.3) is 22.1 Å². The Bertz CT molecular complexity index is 3480. The summed E-state index contributed by atoms with van der Waals surface area (Å²) in [6, 6.07) is 23.0. The predicted molar refractivity (Wildman–Crippen MR) is 366 cm³/mol. The zero-order valence-corrected chi connectivity index (χ0v) is 56.2. The summed E-state index contributed by atoms with van der Waals surface area (Å²) in [5, 5.41) is 11.3. The Morgan fingerprint density at radius 2 is 0.912 bits per heavy atom. The average molecular weight is 1310 g/mol. The predicted octanol–water partition coefficient (Wildman–Crippen LogP) is 7.49. The van der Waals surface area contributed by atoms with Gasteiger partial charge in [0.05, 0.1) is 0 Å². The van der Waals surface area contributed by atoms with Crippen LogP contribution < -0.4 is 36.9 Å². The molecular formula is C64H89ClN16O8S2. The summed E-state index contributed by atoms with van der Waals surface area (Å²) in [6.45, 7) is 25.9. The van der Waals surface area contributed by atoms with Crippen molar-refractivity contribution < 1.29 is 28.7 Å². The molecule has 8 heterocycles. The van der Waals surface area contributed by atoms with Crippen LogP contribution in [0, 0.1) is 0 Å². The summed E-state index contributed by atoms with van der Waals surface area (Å²) in [7, 11) is 0. The van der Waals surface area contributed by atoms with E-state index in [1.807, 2.05) is 83.2 Å². The molecule has 0 unspecified atom stereocenters. The van der Waals surface area contributed by atoms with Gasteiger partial charge in [-0.1, -0.05) is 0 Å². The van der Waals surface area contributed by atoms with Gasteiger partial charge in [-0.25, -0.2) is 19.6 Å². The number of ether oxygens (including phenoxy) is 2. The van der Waals surface area contributed by atoms with Gasteiger partial charge in [0.1, 0.15) is 22.5 Å². The van der Waals surface area contributed by atoms with Gasteiger partial charge >= 0.3 is 12.2 Å². The van der Waals surface area contributed by atoms with Gasteiger partial charge in [-0.15, -0.1) is 0 Å². The number of nitrogens with zero attached hydrogens (tertiary/aromatic N) is 13. The summed E-state index contributed by atoms with van der Waals surface area (Å²) in [5.41, 5.74) is 3.98. The van der Waals surface area contributed by atoms with Crippen LogP contribution in [0.3, 0.4) is 0 Å². The Morgan fingerprint density at radius 1 is 0.516 bits per heavy atom. The van der Waals surface area contributed by atoms with E-state index in [0.717, 1.165) is 105 Å². The number of carbonyl (C=O) groups excluding carboxylic acids is 4. The molecule has 0 bridgehead atoms. The molecule has 4 fully saturated rings. The molecule has 4 saturated heterocycles. The Labute approximate surface area is 546 Å². The minimum atomic E-state index is -0.519. The van der Waals surface area contributed by atoms with E-state index in [4.69, 9.17) is 31.0 Å². The van der Waals surface area contributed by atoms with Crippen molar-refractivity contribution in [2.75, 3.05) is 162 Å². The normalized spacial score (nSPS) is 15.9. The molecule has 3 N–H and O–H groups in total. The molecule has 0 radical (unpaired) electrons. The van der Waals surface area contributed by atoms with Crippen LogP contribution in [0.5, 0.6) is 0 Å². The number of piperazine rings is 4. The number of carbonyl (C=O) groups is 4. The Kier molecular flexibility index (Phi) is 25.5. The Hall–Kier alpha value is -7.23. The number of amides is 3. The molecule has 24 nitrogen and oxygen atoms in total. The van der Waals surface area contributed by atoms with Crippen LogP contribution in [-0.2, 0) is 32.2 Å². The molecule has 2 aromatic carbocycles. The molecule has 4 aliphatic heterocycles. The van der Waals surface area contributed by atoms with E-state index in [1.165, 1.54) is 5.69 Å². The first-order chi connectivity index (χ1) is 43.6. The SMILES string of the molecule is CC(C)(C)OC(=O)N1CCN(CCn2c(=O)ccc3cnc(Nc4ccc(N5CCNCC5)cc4)nc32)CC1.CSCCC(=O)Cl.CSCCC(=O)N1CCN(c2ccc(Nc3ncc4ccc(=O)n(CCN5CCN(C(=O)OC(C)(C)C)CC5)c4n3)cc2)CC1. The molecule has 0 atom stereocenters. The number of fused-ring (bicyclic) bond motifs is 2. The highest BCUT2D eigenvalue weighted by atomic mass is 35.5. The van der Waals surface area contributed by atoms with Gasteiger partial charge < -0.3 is 49.9 Å². The van der Waals surface area contributed by atoms with Crippen molar-refractivity contribution in [3.63, 3.8) is 0 Å². The molecule has 0 saturated carbocycles. The molecule has 492 valence electrons. The second-order valence-electron chi connectivity index (χ2n) is 24.5. The summed E-state index contributed by atoms with van der Waals surface area (Å²) in [5.74, 6) is 2.80. The van der Waals surface area contributed by atoms with E-state index in [1.54, 1.807) is 79.1 Å². The van der Waals surface area contributed by atoms with Crippen molar-refractivity contribution >= 4 is 115 Å². The number of pyridine rings is 2. The molecular weight excluding hydrogens is 1220 g/mol. The fourth-order valence-corrected chi connectivity index (χ4v) is 11.6. The van der Waals surface area contributed by atoms with Crippen molar-refractivity contribution in [1.29, 1.82) is 0 Å². The van der Waals surface area contributed by atoms with E-state index >= 15 is 0 Å². The van der Waals surface area contributed by atoms with Crippen LogP contribution in [0.2, 0.25) is 0 Å². The highest BCUT2D eigenvalue weighted by molar-refractivity contribution is 7.98. The lowest BCUT2D eigenvalue weighted by Crippen LogP contribution is -2.50. The van der Waals surface area contributed by atoms with Gasteiger partial charge in [0.25, 0.3) is 11.1 Å². The molecule has 27 heteroatoms. The fourth-order valence-electron chi connectivity index (χ4n) is 10.6. The topological polar surface area (TPSA) is 241 Å². The first kappa shape index (κ1) is 69.7. The lowest BCUT2D eigenvalue weighted by atomic mass is 10.2. The van der Waals surface area contributed by atoms with E-state index in [0.29, 0.717) is 101 Å². The van der Waals surface area contributed by atoms with Crippen molar-refractivity contribution in [1.82, 2.24) is 58.9 Å². The van der Waals surface area contributed by atoms with Gasteiger partial charge in [0.2, 0.25) is 23.0 Å². The van der Waals surface area contributed by atoms with Crippen LogP contribution in [0.15, 0.2) is 94.8 Å². The van der Waals surface area contributed by atoms with Gasteiger partial charge in [-0.05, 0) is 126 Å². The number of thioether (sulfide) groups is 2. The summed E-state index contributed by atoms with van der Waals surface area (Å²) < 4.78 is 14.4. The molecule has 4 aliphatic rings. The molecule has 91 heavy (non-hydrogen) atoms. The van der Waals surface area contributed by atoms with Crippen molar-refractivity contribution in [3.05, 3.63) is 106 Å². The number of hydrogen-bond acceptors (Lipinski definition) is 21. The van der Waals surface area contributed by atoms with Gasteiger partial charge in [0.15, 0.2) is 0 Å². The lowest BCUT2D eigenvalue weighted by molar-refractivity contribution is -0.131. The number of aromatic nitrogens is 6. The maximum absolute atomic E-state index is 12.9.